The molecule has 22 heavy (non-hydrogen) atoms. The highest BCUT2D eigenvalue weighted by molar-refractivity contribution is 5.81. The van der Waals surface area contributed by atoms with Gasteiger partial charge in [0.25, 0.3) is 5.56 Å². The fraction of sp³-hybridized carbons (Fsp3) is 0.667. The van der Waals surface area contributed by atoms with Crippen molar-refractivity contribution >= 4 is 17.3 Å². The molecule has 0 aromatic carbocycles. The number of rotatable bonds is 7. The summed E-state index contributed by atoms with van der Waals surface area (Å²) in [5.74, 6) is 0.882. The van der Waals surface area contributed by atoms with Crippen molar-refractivity contribution in [1.29, 1.82) is 0 Å². The lowest BCUT2D eigenvalue weighted by Gasteiger charge is -2.15. The molecule has 1 aromatic heterocycles. The van der Waals surface area contributed by atoms with Crippen molar-refractivity contribution < 1.29 is 0 Å². The van der Waals surface area contributed by atoms with Gasteiger partial charge < -0.3 is 11.5 Å². The van der Waals surface area contributed by atoms with E-state index in [0.29, 0.717) is 19.0 Å². The van der Waals surface area contributed by atoms with Gasteiger partial charge >= 0.3 is 5.69 Å². The van der Waals surface area contributed by atoms with Crippen LogP contribution in [0.25, 0.3) is 0 Å². The smallest absolute Gasteiger partial charge is 0.332 e. The minimum atomic E-state index is -0.455. The monoisotopic (exact) mass is 307 g/mol. The Balaban J connectivity index is 2.53. The minimum Gasteiger partial charge on any atom is -0.391 e. The van der Waals surface area contributed by atoms with Crippen LogP contribution in [0.15, 0.2) is 14.6 Å². The summed E-state index contributed by atoms with van der Waals surface area (Å²) in [6.45, 7) is 4.64. The van der Waals surface area contributed by atoms with Gasteiger partial charge in [0.1, 0.15) is 5.69 Å². The van der Waals surface area contributed by atoms with Gasteiger partial charge in [0.15, 0.2) is 5.82 Å². The summed E-state index contributed by atoms with van der Waals surface area (Å²) in [7, 11) is 0. The molecule has 0 spiro atoms. The molecule has 0 saturated heterocycles. The van der Waals surface area contributed by atoms with Gasteiger partial charge in [-0.2, -0.15) is 0 Å². The quantitative estimate of drug-likeness (QED) is 0.448. The van der Waals surface area contributed by atoms with E-state index in [1.165, 1.54) is 9.13 Å². The van der Waals surface area contributed by atoms with Crippen LogP contribution in [-0.2, 0) is 13.1 Å². The van der Waals surface area contributed by atoms with E-state index in [9.17, 15) is 9.59 Å². The van der Waals surface area contributed by atoms with Gasteiger partial charge in [0.05, 0.1) is 5.84 Å². The van der Waals surface area contributed by atoms with E-state index in [2.05, 4.69) is 11.9 Å². The molecule has 1 aromatic rings. The molecule has 0 unspecified atom stereocenters. The van der Waals surface area contributed by atoms with Crippen LogP contribution in [0.1, 0.15) is 46.0 Å². The fourth-order valence-electron chi connectivity index (χ4n) is 2.44. The summed E-state index contributed by atoms with van der Waals surface area (Å²) in [4.78, 5) is 29.1. The number of nitrogens with zero attached hydrogens (tertiary/aromatic N) is 3. The molecule has 2 rings (SSSR count). The number of unbranched alkanes of at least 4 members (excludes halogenated alkanes) is 2. The molecule has 0 bridgehead atoms. The van der Waals surface area contributed by atoms with E-state index in [0.717, 1.165) is 32.1 Å². The van der Waals surface area contributed by atoms with Crippen LogP contribution in [0, 0.1) is 5.92 Å². The second-order valence-corrected chi connectivity index (χ2v) is 5.99. The van der Waals surface area contributed by atoms with Gasteiger partial charge in [-0.05, 0) is 32.1 Å². The van der Waals surface area contributed by atoms with Gasteiger partial charge in [-0.25, -0.2) is 9.79 Å². The summed E-state index contributed by atoms with van der Waals surface area (Å²) in [6.07, 6.45) is 5.00. The molecule has 122 valence electrons. The van der Waals surface area contributed by atoms with E-state index in [1.54, 1.807) is 6.92 Å². The molecule has 0 atom stereocenters. The van der Waals surface area contributed by atoms with E-state index >= 15 is 0 Å². The molecule has 1 saturated carbocycles. The Hall–Kier alpha value is -2.05. The zero-order valence-corrected chi connectivity index (χ0v) is 13.3. The van der Waals surface area contributed by atoms with E-state index in [1.807, 2.05) is 0 Å². The van der Waals surface area contributed by atoms with Crippen molar-refractivity contribution in [1.82, 2.24) is 9.13 Å². The highest BCUT2D eigenvalue weighted by Gasteiger charge is 2.25. The molecule has 1 aliphatic carbocycles. The molecule has 1 aliphatic rings. The van der Waals surface area contributed by atoms with Crippen LogP contribution in [-0.4, -0.2) is 15.0 Å². The Morgan fingerprint density at radius 1 is 1.27 bits per heavy atom. The molecular weight excluding hydrogens is 282 g/mol. The molecule has 0 aliphatic heterocycles. The van der Waals surface area contributed by atoms with Gasteiger partial charge in [0.2, 0.25) is 0 Å². The number of hydrogen-bond acceptors (Lipinski definition) is 4. The number of nitrogen functional groups attached to an aromatic ring is 1. The van der Waals surface area contributed by atoms with Crippen LogP contribution in [0.4, 0.5) is 11.5 Å². The van der Waals surface area contributed by atoms with Crippen LogP contribution < -0.4 is 22.7 Å². The summed E-state index contributed by atoms with van der Waals surface area (Å²) in [6, 6.07) is 0. The number of anilines is 1. The van der Waals surface area contributed by atoms with Crippen molar-refractivity contribution in [3.8, 4) is 0 Å². The number of hydrogen-bond donors (Lipinski definition) is 2. The highest BCUT2D eigenvalue weighted by Crippen LogP contribution is 2.30. The van der Waals surface area contributed by atoms with Crippen LogP contribution in [0.2, 0.25) is 0 Å². The Bertz CT molecular complexity index is 678. The van der Waals surface area contributed by atoms with Crippen LogP contribution in [0.3, 0.4) is 0 Å². The third-order valence-electron chi connectivity index (χ3n) is 3.84. The van der Waals surface area contributed by atoms with Crippen LogP contribution in [0.5, 0.6) is 0 Å². The van der Waals surface area contributed by atoms with Gasteiger partial charge in [-0.1, -0.05) is 19.8 Å². The maximum atomic E-state index is 12.7. The Morgan fingerprint density at radius 3 is 2.50 bits per heavy atom. The fourth-order valence-corrected chi connectivity index (χ4v) is 2.44. The summed E-state index contributed by atoms with van der Waals surface area (Å²) < 4.78 is 2.74. The third kappa shape index (κ3) is 3.58. The third-order valence-corrected chi connectivity index (χ3v) is 3.84. The molecular formula is C15H25N5O2. The highest BCUT2D eigenvalue weighted by atomic mass is 16.2. The molecule has 7 nitrogen and oxygen atoms in total. The van der Waals surface area contributed by atoms with Crippen molar-refractivity contribution in [3.63, 3.8) is 0 Å². The van der Waals surface area contributed by atoms with Crippen molar-refractivity contribution in [2.45, 2.75) is 59.0 Å². The number of amidine groups is 1. The molecule has 1 heterocycles. The van der Waals surface area contributed by atoms with Gasteiger partial charge in [-0.3, -0.25) is 13.9 Å². The zero-order valence-electron chi connectivity index (χ0n) is 13.3. The lowest BCUT2D eigenvalue weighted by atomic mass is 10.2. The van der Waals surface area contributed by atoms with Crippen LogP contribution >= 0.6 is 0 Å². The Kier molecular flexibility index (Phi) is 5.05. The number of aliphatic imine (C=N–C) groups is 1. The molecule has 4 N–H and O–H groups in total. The second kappa shape index (κ2) is 6.81. The average Bonchev–Trinajstić information content (AvgIpc) is 3.28. The second-order valence-electron chi connectivity index (χ2n) is 5.99. The maximum absolute atomic E-state index is 12.7. The predicted octanol–water partition coefficient (Wildman–Crippen LogP) is 1.20. The summed E-state index contributed by atoms with van der Waals surface area (Å²) >= 11 is 0. The van der Waals surface area contributed by atoms with E-state index in [4.69, 9.17) is 11.5 Å². The largest absolute Gasteiger partial charge is 0.391 e. The van der Waals surface area contributed by atoms with E-state index < -0.39 is 5.56 Å². The first-order valence-corrected chi connectivity index (χ1v) is 7.89. The zero-order chi connectivity index (χ0) is 16.3. The summed E-state index contributed by atoms with van der Waals surface area (Å²) in [5.41, 5.74) is 10.8. The van der Waals surface area contributed by atoms with Crippen molar-refractivity contribution in [2.24, 2.45) is 16.6 Å². The Morgan fingerprint density at radius 2 is 1.95 bits per heavy atom. The minimum absolute atomic E-state index is 0.00143. The molecule has 0 amide bonds. The molecule has 0 radical (unpaired) electrons. The first kappa shape index (κ1) is 16.3. The van der Waals surface area contributed by atoms with Crippen molar-refractivity contribution in [3.05, 3.63) is 20.8 Å². The Labute approximate surface area is 129 Å². The summed E-state index contributed by atoms with van der Waals surface area (Å²) in [5, 5.41) is 0. The van der Waals surface area contributed by atoms with Crippen molar-refractivity contribution in [2.75, 3.05) is 5.73 Å². The lowest BCUT2D eigenvalue weighted by molar-refractivity contribution is 0.510. The topological polar surface area (TPSA) is 108 Å². The standard InChI is InChI=1S/C15H25N5O2/c1-3-4-5-8-19-13(18-10(2)16)12(17)14(21)20(15(19)22)9-11-6-7-11/h11H,3-9,17H2,1-2H3,(H2,16,18). The lowest BCUT2D eigenvalue weighted by Crippen LogP contribution is -2.41. The normalized spacial score (nSPS) is 15.3. The SMILES string of the molecule is CCCCCn1c(/N=C(\C)N)c(N)c(=O)n(CC2CC2)c1=O. The van der Waals surface area contributed by atoms with Gasteiger partial charge in [-0.15, -0.1) is 0 Å². The van der Waals surface area contributed by atoms with E-state index in [-0.39, 0.29) is 23.0 Å². The first-order chi connectivity index (χ1) is 10.5. The average molecular weight is 307 g/mol. The maximum Gasteiger partial charge on any atom is 0.332 e. The molecule has 1 fully saturated rings. The first-order valence-electron chi connectivity index (χ1n) is 7.89. The number of aromatic nitrogens is 2. The predicted molar refractivity (Wildman–Crippen MR) is 88.6 cm³/mol. The molecule has 7 heteroatoms. The number of nitrogens with two attached hydrogens (primary N) is 2. The van der Waals surface area contributed by atoms with Gasteiger partial charge in [0, 0.05) is 13.1 Å².